The first-order valence-corrected chi connectivity index (χ1v) is 7.09. The van der Waals surface area contributed by atoms with Crippen LogP contribution in [0.15, 0.2) is 24.3 Å². The smallest absolute Gasteiger partial charge is 0.0893 e. The standard InChI is InChI=1S/C13H20Br2/c1-5-10(2)8-6-7-9-11-12(3,4)13(11,14)15/h5,8,11H,1,6-7,9H2,2-4H3/b10-8+. The van der Waals surface area contributed by atoms with Crippen molar-refractivity contribution in [1.29, 1.82) is 0 Å². The summed E-state index contributed by atoms with van der Waals surface area (Å²) in [5.41, 5.74) is 1.68. The molecule has 1 aliphatic carbocycles. The van der Waals surface area contributed by atoms with Gasteiger partial charge in [-0.1, -0.05) is 70.0 Å². The average Bonchev–Trinajstić information content (AvgIpc) is 2.53. The predicted molar refractivity (Wildman–Crippen MR) is 75.7 cm³/mol. The lowest BCUT2D eigenvalue weighted by Gasteiger charge is -2.00. The van der Waals surface area contributed by atoms with E-state index >= 15 is 0 Å². The molecular weight excluding hydrogens is 316 g/mol. The van der Waals surface area contributed by atoms with Crippen molar-refractivity contribution in [3.05, 3.63) is 24.3 Å². The van der Waals surface area contributed by atoms with Gasteiger partial charge in [0.15, 0.2) is 0 Å². The molecule has 0 nitrogen and oxygen atoms in total. The fourth-order valence-corrected chi connectivity index (χ4v) is 3.96. The van der Waals surface area contributed by atoms with Gasteiger partial charge in [0.1, 0.15) is 0 Å². The van der Waals surface area contributed by atoms with Gasteiger partial charge in [-0.3, -0.25) is 0 Å². The van der Waals surface area contributed by atoms with Crippen LogP contribution >= 0.6 is 31.9 Å². The van der Waals surface area contributed by atoms with Gasteiger partial charge in [-0.2, -0.15) is 0 Å². The molecule has 1 unspecified atom stereocenters. The van der Waals surface area contributed by atoms with Crippen molar-refractivity contribution in [3.63, 3.8) is 0 Å². The van der Waals surface area contributed by atoms with Crippen LogP contribution in [0.3, 0.4) is 0 Å². The Morgan fingerprint density at radius 1 is 1.40 bits per heavy atom. The molecule has 0 N–H and O–H groups in total. The summed E-state index contributed by atoms with van der Waals surface area (Å²) >= 11 is 7.51. The lowest BCUT2D eigenvalue weighted by atomic mass is 10.0. The Labute approximate surface area is 110 Å². The molecule has 0 saturated heterocycles. The normalized spacial score (nSPS) is 27.5. The molecule has 0 radical (unpaired) electrons. The minimum atomic E-state index is 0.185. The van der Waals surface area contributed by atoms with Crippen LogP contribution in [0.5, 0.6) is 0 Å². The van der Waals surface area contributed by atoms with Crippen molar-refractivity contribution in [2.45, 2.75) is 43.3 Å². The van der Waals surface area contributed by atoms with E-state index in [-0.39, 0.29) is 3.23 Å². The summed E-state index contributed by atoms with van der Waals surface area (Å²) in [5, 5.41) is 0. The number of hydrogen-bond donors (Lipinski definition) is 0. The molecule has 1 rings (SSSR count). The highest BCUT2D eigenvalue weighted by Gasteiger charge is 2.67. The lowest BCUT2D eigenvalue weighted by Crippen LogP contribution is -1.94. The topological polar surface area (TPSA) is 0 Å². The molecule has 0 bridgehead atoms. The molecule has 0 aromatic carbocycles. The van der Waals surface area contributed by atoms with E-state index in [1.54, 1.807) is 0 Å². The number of rotatable bonds is 5. The number of halogens is 2. The van der Waals surface area contributed by atoms with E-state index in [9.17, 15) is 0 Å². The first-order chi connectivity index (χ1) is 6.84. The van der Waals surface area contributed by atoms with E-state index in [0.717, 1.165) is 5.92 Å². The number of allylic oxidation sites excluding steroid dienone is 3. The highest BCUT2D eigenvalue weighted by atomic mass is 79.9. The molecule has 1 fully saturated rings. The molecule has 0 aliphatic heterocycles. The number of alkyl halides is 2. The number of hydrogen-bond acceptors (Lipinski definition) is 0. The maximum atomic E-state index is 3.75. The minimum absolute atomic E-state index is 0.185. The van der Waals surface area contributed by atoms with E-state index < -0.39 is 0 Å². The van der Waals surface area contributed by atoms with Crippen LogP contribution in [0, 0.1) is 11.3 Å². The lowest BCUT2D eigenvalue weighted by molar-refractivity contribution is 0.520. The van der Waals surface area contributed by atoms with Crippen LogP contribution in [0.4, 0.5) is 0 Å². The van der Waals surface area contributed by atoms with Crippen molar-refractivity contribution < 1.29 is 0 Å². The van der Waals surface area contributed by atoms with Gasteiger partial charge in [0.2, 0.25) is 0 Å². The van der Waals surface area contributed by atoms with Gasteiger partial charge in [-0.25, -0.2) is 0 Å². The first kappa shape index (κ1) is 13.5. The van der Waals surface area contributed by atoms with Gasteiger partial charge < -0.3 is 0 Å². The Kier molecular flexibility index (Phi) is 4.27. The molecule has 0 heterocycles. The molecular formula is C13H20Br2. The molecule has 1 aliphatic rings. The Bertz CT molecular complexity index is 260. The van der Waals surface area contributed by atoms with Gasteiger partial charge in [0.25, 0.3) is 0 Å². The van der Waals surface area contributed by atoms with Gasteiger partial charge in [0.05, 0.1) is 3.23 Å². The molecule has 0 amide bonds. The third-order valence-corrected chi connectivity index (χ3v) is 6.72. The van der Waals surface area contributed by atoms with Crippen molar-refractivity contribution in [2.24, 2.45) is 11.3 Å². The predicted octanol–water partition coefficient (Wildman–Crippen LogP) is 5.43. The quantitative estimate of drug-likeness (QED) is 0.357. The Hall–Kier alpha value is 0.440. The van der Waals surface area contributed by atoms with Crippen LogP contribution in [0.1, 0.15) is 40.0 Å². The zero-order chi connectivity index (χ0) is 11.7. The Morgan fingerprint density at radius 3 is 2.33 bits per heavy atom. The van der Waals surface area contributed by atoms with Crippen molar-refractivity contribution in [2.75, 3.05) is 0 Å². The van der Waals surface area contributed by atoms with Crippen LogP contribution in [0.2, 0.25) is 0 Å². The molecule has 0 aromatic heterocycles. The van der Waals surface area contributed by atoms with Gasteiger partial charge in [-0.15, -0.1) is 0 Å². The van der Waals surface area contributed by atoms with E-state index in [0.29, 0.717) is 5.41 Å². The first-order valence-electron chi connectivity index (χ1n) is 5.51. The molecule has 15 heavy (non-hydrogen) atoms. The fourth-order valence-electron chi connectivity index (χ4n) is 2.03. The summed E-state index contributed by atoms with van der Waals surface area (Å²) in [6.45, 7) is 10.5. The highest BCUT2D eigenvalue weighted by molar-refractivity contribution is 9.25. The second-order valence-corrected chi connectivity index (χ2v) is 8.55. The average molecular weight is 336 g/mol. The molecule has 86 valence electrons. The van der Waals surface area contributed by atoms with E-state index in [4.69, 9.17) is 0 Å². The summed E-state index contributed by atoms with van der Waals surface area (Å²) in [6, 6.07) is 0. The molecule has 2 heteroatoms. The minimum Gasteiger partial charge on any atom is -0.0988 e. The third kappa shape index (κ3) is 2.76. The van der Waals surface area contributed by atoms with Crippen molar-refractivity contribution in [1.82, 2.24) is 0 Å². The largest absolute Gasteiger partial charge is 0.0988 e. The second kappa shape index (κ2) is 4.75. The molecule has 0 spiro atoms. The van der Waals surface area contributed by atoms with Crippen LogP contribution in [-0.2, 0) is 0 Å². The third-order valence-electron chi connectivity index (χ3n) is 3.57. The van der Waals surface area contributed by atoms with Crippen LogP contribution in [0.25, 0.3) is 0 Å². The summed E-state index contributed by atoms with van der Waals surface area (Å²) in [7, 11) is 0. The zero-order valence-electron chi connectivity index (χ0n) is 9.82. The van der Waals surface area contributed by atoms with Crippen LogP contribution in [-0.4, -0.2) is 3.23 Å². The fraction of sp³-hybridized carbons (Fsp3) is 0.692. The summed E-state index contributed by atoms with van der Waals surface area (Å²) < 4.78 is 0.185. The summed E-state index contributed by atoms with van der Waals surface area (Å²) in [4.78, 5) is 0. The molecule has 0 aromatic rings. The Morgan fingerprint density at radius 2 is 1.93 bits per heavy atom. The maximum Gasteiger partial charge on any atom is 0.0893 e. The van der Waals surface area contributed by atoms with Crippen molar-refractivity contribution in [3.8, 4) is 0 Å². The Balaban J connectivity index is 2.27. The molecule has 1 saturated carbocycles. The molecule has 1 atom stereocenters. The van der Waals surface area contributed by atoms with Crippen molar-refractivity contribution >= 4 is 31.9 Å². The maximum absolute atomic E-state index is 3.75. The SMILES string of the molecule is C=C/C(C)=C/CCCC1C(C)(C)C1(Br)Br. The highest BCUT2D eigenvalue weighted by Crippen LogP contribution is 2.72. The van der Waals surface area contributed by atoms with Gasteiger partial charge >= 0.3 is 0 Å². The van der Waals surface area contributed by atoms with Crippen LogP contribution < -0.4 is 0 Å². The summed E-state index contributed by atoms with van der Waals surface area (Å²) in [6.07, 6.45) is 7.90. The monoisotopic (exact) mass is 334 g/mol. The number of unbranched alkanes of at least 4 members (excludes halogenated alkanes) is 1. The van der Waals surface area contributed by atoms with E-state index in [1.807, 2.05) is 6.08 Å². The summed E-state index contributed by atoms with van der Waals surface area (Å²) in [5.74, 6) is 0.752. The van der Waals surface area contributed by atoms with Gasteiger partial charge in [0, 0.05) is 0 Å². The van der Waals surface area contributed by atoms with E-state index in [1.165, 1.54) is 24.8 Å². The second-order valence-electron chi connectivity index (χ2n) is 4.98. The van der Waals surface area contributed by atoms with Gasteiger partial charge in [-0.05, 0) is 37.5 Å². The van der Waals surface area contributed by atoms with E-state index in [2.05, 4.69) is 65.3 Å². The zero-order valence-corrected chi connectivity index (χ0v) is 13.0.